The summed E-state index contributed by atoms with van der Waals surface area (Å²) in [6, 6.07) is 0. The minimum atomic E-state index is 0.392. The maximum atomic E-state index is 5.98. The van der Waals surface area contributed by atoms with E-state index in [9.17, 15) is 0 Å². The number of aryl methyl sites for hydroxylation is 2. The molecule has 0 saturated heterocycles. The molecule has 0 aliphatic heterocycles. The van der Waals surface area contributed by atoms with Gasteiger partial charge in [0.2, 0.25) is 0 Å². The van der Waals surface area contributed by atoms with Crippen LogP contribution in [-0.2, 0) is 0 Å². The van der Waals surface area contributed by atoms with E-state index in [1.165, 1.54) is 0 Å². The van der Waals surface area contributed by atoms with E-state index in [4.69, 9.17) is 11.6 Å². The van der Waals surface area contributed by atoms with Crippen LogP contribution >= 0.6 is 11.6 Å². The lowest BCUT2D eigenvalue weighted by Crippen LogP contribution is -2.35. The highest BCUT2D eigenvalue weighted by molar-refractivity contribution is 6.21. The molecular formula is C12H18ClN3. The normalized spacial score (nSPS) is 24.0. The van der Waals surface area contributed by atoms with Gasteiger partial charge in [-0.2, -0.15) is 0 Å². The molecule has 0 atom stereocenters. The Labute approximate surface area is 102 Å². The number of hydrogen-bond donors (Lipinski definition) is 0. The van der Waals surface area contributed by atoms with E-state index in [2.05, 4.69) is 21.9 Å². The lowest BCUT2D eigenvalue weighted by atomic mass is 9.84. The van der Waals surface area contributed by atoms with Crippen molar-refractivity contribution in [2.75, 3.05) is 18.5 Å². The highest BCUT2D eigenvalue weighted by Crippen LogP contribution is 2.33. The Bertz CT molecular complexity index is 375. The van der Waals surface area contributed by atoms with E-state index in [1.807, 2.05) is 20.0 Å². The molecule has 16 heavy (non-hydrogen) atoms. The van der Waals surface area contributed by atoms with Crippen molar-refractivity contribution in [2.24, 2.45) is 5.92 Å². The molecule has 1 aromatic heterocycles. The summed E-state index contributed by atoms with van der Waals surface area (Å²) in [7, 11) is 2.08. The van der Waals surface area contributed by atoms with Crippen LogP contribution in [0.3, 0.4) is 0 Å². The van der Waals surface area contributed by atoms with Crippen LogP contribution in [0.2, 0.25) is 0 Å². The molecule has 3 nitrogen and oxygen atoms in total. The third-order valence-electron chi connectivity index (χ3n) is 3.12. The molecule has 1 heterocycles. The van der Waals surface area contributed by atoms with Crippen molar-refractivity contribution in [1.29, 1.82) is 0 Å². The lowest BCUT2D eigenvalue weighted by molar-refractivity contribution is 0.328. The second-order valence-corrected chi connectivity index (χ2v) is 5.35. The number of aromatic nitrogens is 2. The molecule has 2 rings (SSSR count). The van der Waals surface area contributed by atoms with Crippen LogP contribution in [0.15, 0.2) is 6.20 Å². The Hall–Kier alpha value is -0.830. The van der Waals surface area contributed by atoms with Gasteiger partial charge >= 0.3 is 0 Å². The van der Waals surface area contributed by atoms with E-state index < -0.39 is 0 Å². The van der Waals surface area contributed by atoms with Gasteiger partial charge in [-0.3, -0.25) is 4.98 Å². The van der Waals surface area contributed by atoms with Crippen molar-refractivity contribution >= 4 is 17.4 Å². The molecule has 1 aliphatic rings. The van der Waals surface area contributed by atoms with Crippen molar-refractivity contribution in [1.82, 2.24) is 9.97 Å². The maximum Gasteiger partial charge on any atom is 0.150 e. The summed E-state index contributed by atoms with van der Waals surface area (Å²) in [5.41, 5.74) is 1.96. The monoisotopic (exact) mass is 239 g/mol. The van der Waals surface area contributed by atoms with Gasteiger partial charge in [-0.25, -0.2) is 4.98 Å². The highest BCUT2D eigenvalue weighted by atomic mass is 35.5. The summed E-state index contributed by atoms with van der Waals surface area (Å²) >= 11 is 5.98. The number of alkyl halides is 1. The maximum absolute atomic E-state index is 5.98. The van der Waals surface area contributed by atoms with Gasteiger partial charge in [0, 0.05) is 25.2 Å². The Morgan fingerprint density at radius 1 is 1.44 bits per heavy atom. The fraction of sp³-hybridized carbons (Fsp3) is 0.667. The largest absolute Gasteiger partial charge is 0.358 e. The summed E-state index contributed by atoms with van der Waals surface area (Å²) in [4.78, 5) is 11.1. The quantitative estimate of drug-likeness (QED) is 0.760. The van der Waals surface area contributed by atoms with Crippen molar-refractivity contribution < 1.29 is 0 Å². The third-order valence-corrected chi connectivity index (χ3v) is 3.48. The Kier molecular flexibility index (Phi) is 3.33. The van der Waals surface area contributed by atoms with Crippen LogP contribution < -0.4 is 4.90 Å². The minimum absolute atomic E-state index is 0.392. The van der Waals surface area contributed by atoms with Crippen molar-refractivity contribution in [3.8, 4) is 0 Å². The average molecular weight is 240 g/mol. The molecule has 0 bridgehead atoms. The van der Waals surface area contributed by atoms with Gasteiger partial charge in [0.05, 0.1) is 11.4 Å². The van der Waals surface area contributed by atoms with Gasteiger partial charge in [0.1, 0.15) is 5.82 Å². The lowest BCUT2D eigenvalue weighted by Gasteiger charge is -2.34. The van der Waals surface area contributed by atoms with Crippen LogP contribution in [0.25, 0.3) is 0 Å². The number of hydrogen-bond acceptors (Lipinski definition) is 3. The fourth-order valence-corrected chi connectivity index (χ4v) is 2.67. The van der Waals surface area contributed by atoms with Crippen LogP contribution in [0, 0.1) is 19.8 Å². The standard InChI is InChI=1S/C12H18ClN3/c1-8-6-14-9(2)12(15-8)16(3)7-10-4-11(13)5-10/h6,10-11H,4-5,7H2,1-3H3. The summed E-state index contributed by atoms with van der Waals surface area (Å²) in [5, 5.41) is 0.392. The third kappa shape index (κ3) is 2.46. The minimum Gasteiger partial charge on any atom is -0.358 e. The van der Waals surface area contributed by atoms with Gasteiger partial charge in [0.15, 0.2) is 0 Å². The average Bonchev–Trinajstić information content (AvgIpc) is 2.19. The summed E-state index contributed by atoms with van der Waals surface area (Å²) in [5.74, 6) is 1.72. The summed E-state index contributed by atoms with van der Waals surface area (Å²) < 4.78 is 0. The first-order valence-electron chi connectivity index (χ1n) is 5.71. The highest BCUT2D eigenvalue weighted by Gasteiger charge is 2.28. The zero-order valence-corrected chi connectivity index (χ0v) is 10.8. The SMILES string of the molecule is Cc1cnc(C)c(N(C)CC2CC(Cl)C2)n1. The van der Waals surface area contributed by atoms with Gasteiger partial charge in [-0.15, -0.1) is 11.6 Å². The molecule has 1 fully saturated rings. The zero-order chi connectivity index (χ0) is 11.7. The Morgan fingerprint density at radius 2 is 2.12 bits per heavy atom. The van der Waals surface area contributed by atoms with E-state index in [0.717, 1.165) is 36.6 Å². The predicted octanol–water partition coefficient (Wildman–Crippen LogP) is 2.55. The predicted molar refractivity (Wildman–Crippen MR) is 67.1 cm³/mol. The molecular weight excluding hydrogens is 222 g/mol. The van der Waals surface area contributed by atoms with Gasteiger partial charge in [0.25, 0.3) is 0 Å². The van der Waals surface area contributed by atoms with Crippen molar-refractivity contribution in [3.63, 3.8) is 0 Å². The van der Waals surface area contributed by atoms with Crippen LogP contribution in [-0.4, -0.2) is 28.9 Å². The van der Waals surface area contributed by atoms with Crippen LogP contribution in [0.5, 0.6) is 0 Å². The molecule has 0 radical (unpaired) electrons. The van der Waals surface area contributed by atoms with Gasteiger partial charge in [-0.1, -0.05) is 0 Å². The second-order valence-electron chi connectivity index (χ2n) is 4.74. The second kappa shape index (κ2) is 4.58. The molecule has 88 valence electrons. The number of rotatable bonds is 3. The molecule has 1 saturated carbocycles. The first-order valence-corrected chi connectivity index (χ1v) is 6.15. The Balaban J connectivity index is 2.02. The molecule has 1 aliphatic carbocycles. The molecule has 0 spiro atoms. The molecule has 0 aromatic carbocycles. The molecule has 1 aromatic rings. The summed E-state index contributed by atoms with van der Waals surface area (Å²) in [6.07, 6.45) is 4.07. The molecule has 0 amide bonds. The topological polar surface area (TPSA) is 29.0 Å². The number of anilines is 1. The van der Waals surface area contributed by atoms with Gasteiger partial charge in [-0.05, 0) is 32.6 Å². The van der Waals surface area contributed by atoms with Gasteiger partial charge < -0.3 is 4.90 Å². The number of halogens is 1. The van der Waals surface area contributed by atoms with Crippen molar-refractivity contribution in [3.05, 3.63) is 17.6 Å². The van der Waals surface area contributed by atoms with E-state index in [-0.39, 0.29) is 0 Å². The first-order chi connectivity index (χ1) is 7.56. The molecule has 4 heteroatoms. The number of nitrogens with zero attached hydrogens (tertiary/aromatic N) is 3. The van der Waals surface area contributed by atoms with Crippen molar-refractivity contribution in [2.45, 2.75) is 32.1 Å². The fourth-order valence-electron chi connectivity index (χ4n) is 2.16. The van der Waals surface area contributed by atoms with Crippen LogP contribution in [0.1, 0.15) is 24.2 Å². The summed E-state index contributed by atoms with van der Waals surface area (Å²) in [6.45, 7) is 5.01. The van der Waals surface area contributed by atoms with E-state index >= 15 is 0 Å². The van der Waals surface area contributed by atoms with Crippen LogP contribution in [0.4, 0.5) is 5.82 Å². The molecule has 0 unspecified atom stereocenters. The van der Waals surface area contributed by atoms with E-state index in [0.29, 0.717) is 11.3 Å². The zero-order valence-electron chi connectivity index (χ0n) is 10.1. The first kappa shape index (κ1) is 11.6. The molecule has 0 N–H and O–H groups in total. The Morgan fingerprint density at radius 3 is 2.75 bits per heavy atom. The smallest absolute Gasteiger partial charge is 0.150 e. The van der Waals surface area contributed by atoms with E-state index in [1.54, 1.807) is 0 Å².